The highest BCUT2D eigenvalue weighted by molar-refractivity contribution is 5.60. The van der Waals surface area contributed by atoms with Gasteiger partial charge < -0.3 is 15.2 Å². The molecular weight excluding hydrogens is 278 g/mol. The Kier molecular flexibility index (Phi) is 4.59. The van der Waals surface area contributed by atoms with E-state index in [2.05, 4.69) is 35.3 Å². The number of anilines is 2. The molecule has 2 rings (SSSR count). The maximum atomic E-state index is 11.1. The van der Waals surface area contributed by atoms with Gasteiger partial charge in [-0.3, -0.25) is 10.1 Å². The fourth-order valence-corrected chi connectivity index (χ4v) is 1.66. The van der Waals surface area contributed by atoms with E-state index >= 15 is 0 Å². The van der Waals surface area contributed by atoms with E-state index in [1.54, 1.807) is 6.92 Å². The van der Waals surface area contributed by atoms with Crippen molar-refractivity contribution >= 4 is 17.5 Å². The lowest BCUT2D eigenvalue weighted by Crippen LogP contribution is -2.12. The van der Waals surface area contributed by atoms with Crippen LogP contribution < -0.4 is 10.6 Å². The lowest BCUT2D eigenvalue weighted by atomic mass is 10.3. The van der Waals surface area contributed by atoms with E-state index in [0.29, 0.717) is 18.3 Å². The first kappa shape index (κ1) is 14.6. The first-order valence-corrected chi connectivity index (χ1v) is 6.37. The van der Waals surface area contributed by atoms with E-state index in [4.69, 9.17) is 0 Å². The number of hydrogen-bond acceptors (Lipinski definition) is 9. The monoisotopic (exact) mass is 293 g/mol. The standard InChI is InChI=1S/C11H15N7O3/c1-3-4-12-11-15-7(2)9(18(19)20)10(16-11)13-5-8-14-6-21-17-8/h6H,3-5H2,1-2H3,(H2,12,13,15,16). The minimum absolute atomic E-state index is 0.121. The smallest absolute Gasteiger partial charge is 0.332 e. The fourth-order valence-electron chi connectivity index (χ4n) is 1.66. The Morgan fingerprint density at radius 3 is 2.81 bits per heavy atom. The topological polar surface area (TPSA) is 132 Å². The minimum atomic E-state index is -0.516. The Morgan fingerprint density at radius 2 is 2.19 bits per heavy atom. The average Bonchev–Trinajstić information content (AvgIpc) is 2.95. The Bertz CT molecular complexity index is 615. The summed E-state index contributed by atoms with van der Waals surface area (Å²) >= 11 is 0. The van der Waals surface area contributed by atoms with Crippen LogP contribution in [0, 0.1) is 17.0 Å². The van der Waals surface area contributed by atoms with Crippen LogP contribution in [0.2, 0.25) is 0 Å². The van der Waals surface area contributed by atoms with Gasteiger partial charge in [-0.1, -0.05) is 12.1 Å². The zero-order valence-electron chi connectivity index (χ0n) is 11.7. The average molecular weight is 293 g/mol. The Balaban J connectivity index is 2.25. The van der Waals surface area contributed by atoms with Crippen LogP contribution >= 0.6 is 0 Å². The molecule has 10 nitrogen and oxygen atoms in total. The van der Waals surface area contributed by atoms with Crippen molar-refractivity contribution in [3.8, 4) is 0 Å². The fraction of sp³-hybridized carbons (Fsp3) is 0.455. The van der Waals surface area contributed by atoms with Gasteiger partial charge in [0.2, 0.25) is 18.2 Å². The molecule has 0 saturated carbocycles. The first-order chi connectivity index (χ1) is 10.1. The molecule has 0 bridgehead atoms. The number of nitrogens with one attached hydrogen (secondary N) is 2. The molecule has 0 spiro atoms. The quantitative estimate of drug-likeness (QED) is 0.575. The first-order valence-electron chi connectivity index (χ1n) is 6.37. The van der Waals surface area contributed by atoms with Crippen molar-refractivity contribution in [1.29, 1.82) is 0 Å². The molecule has 112 valence electrons. The summed E-state index contributed by atoms with van der Waals surface area (Å²) in [5, 5.41) is 20.6. The minimum Gasteiger partial charge on any atom is -0.357 e. The molecule has 0 radical (unpaired) electrons. The van der Waals surface area contributed by atoms with Crippen LogP contribution in [-0.2, 0) is 6.54 Å². The van der Waals surface area contributed by atoms with Gasteiger partial charge in [0, 0.05) is 6.54 Å². The molecule has 0 atom stereocenters. The van der Waals surface area contributed by atoms with Crippen LogP contribution in [0.5, 0.6) is 0 Å². The molecule has 0 aromatic carbocycles. The van der Waals surface area contributed by atoms with Crippen molar-refractivity contribution in [3.63, 3.8) is 0 Å². The van der Waals surface area contributed by atoms with Crippen LogP contribution in [0.15, 0.2) is 10.9 Å². The lowest BCUT2D eigenvalue weighted by molar-refractivity contribution is -0.385. The van der Waals surface area contributed by atoms with E-state index in [0.717, 1.165) is 6.42 Å². The predicted molar refractivity (Wildman–Crippen MR) is 73.8 cm³/mol. The molecule has 0 aliphatic carbocycles. The molecule has 2 N–H and O–H groups in total. The van der Waals surface area contributed by atoms with Crippen molar-refractivity contribution in [2.24, 2.45) is 0 Å². The molecule has 0 unspecified atom stereocenters. The van der Waals surface area contributed by atoms with Crippen molar-refractivity contribution < 1.29 is 9.45 Å². The van der Waals surface area contributed by atoms with Gasteiger partial charge in [0.1, 0.15) is 5.69 Å². The second kappa shape index (κ2) is 6.59. The van der Waals surface area contributed by atoms with Crippen LogP contribution in [0.4, 0.5) is 17.5 Å². The SMILES string of the molecule is CCCNc1nc(C)c([N+](=O)[O-])c(NCc2ncon2)n1. The number of aryl methyl sites for hydroxylation is 1. The zero-order valence-corrected chi connectivity index (χ0v) is 11.7. The van der Waals surface area contributed by atoms with Gasteiger partial charge in [-0.2, -0.15) is 9.97 Å². The summed E-state index contributed by atoms with van der Waals surface area (Å²) in [5.74, 6) is 0.843. The molecule has 0 fully saturated rings. The highest BCUT2D eigenvalue weighted by atomic mass is 16.6. The van der Waals surface area contributed by atoms with E-state index in [1.807, 2.05) is 6.92 Å². The number of hydrogen-bond donors (Lipinski definition) is 2. The van der Waals surface area contributed by atoms with Gasteiger partial charge in [0.15, 0.2) is 5.82 Å². The van der Waals surface area contributed by atoms with E-state index in [9.17, 15) is 10.1 Å². The summed E-state index contributed by atoms with van der Waals surface area (Å²) in [5.41, 5.74) is 0.116. The molecule has 2 heterocycles. The van der Waals surface area contributed by atoms with Crippen molar-refractivity contribution in [1.82, 2.24) is 20.1 Å². The Labute approximate surface area is 120 Å². The molecule has 21 heavy (non-hydrogen) atoms. The van der Waals surface area contributed by atoms with Crippen molar-refractivity contribution in [2.45, 2.75) is 26.8 Å². The number of nitrogens with zero attached hydrogens (tertiary/aromatic N) is 5. The molecule has 0 aliphatic heterocycles. The second-order valence-corrected chi connectivity index (χ2v) is 4.21. The molecule has 0 aliphatic rings. The summed E-state index contributed by atoms with van der Waals surface area (Å²) < 4.78 is 4.60. The lowest BCUT2D eigenvalue weighted by Gasteiger charge is -2.09. The summed E-state index contributed by atoms with van der Waals surface area (Å²) in [4.78, 5) is 22.7. The van der Waals surface area contributed by atoms with Crippen LogP contribution in [0.25, 0.3) is 0 Å². The molecular formula is C11H15N7O3. The van der Waals surface area contributed by atoms with Gasteiger partial charge in [0.25, 0.3) is 0 Å². The summed E-state index contributed by atoms with van der Waals surface area (Å²) in [6, 6.07) is 0. The third-order valence-corrected chi connectivity index (χ3v) is 2.59. The van der Waals surface area contributed by atoms with E-state index in [1.165, 1.54) is 6.39 Å². The molecule has 0 saturated heterocycles. The Morgan fingerprint density at radius 1 is 1.38 bits per heavy atom. The Hall–Kier alpha value is -2.78. The van der Waals surface area contributed by atoms with Gasteiger partial charge in [-0.25, -0.2) is 4.98 Å². The third-order valence-electron chi connectivity index (χ3n) is 2.59. The number of aromatic nitrogens is 4. The van der Waals surface area contributed by atoms with Gasteiger partial charge in [-0.15, -0.1) is 0 Å². The molecule has 2 aromatic heterocycles. The van der Waals surface area contributed by atoms with Crippen LogP contribution in [-0.4, -0.2) is 31.6 Å². The summed E-state index contributed by atoms with van der Waals surface area (Å²) in [7, 11) is 0. The largest absolute Gasteiger partial charge is 0.357 e. The predicted octanol–water partition coefficient (Wildman–Crippen LogP) is 1.51. The van der Waals surface area contributed by atoms with E-state index in [-0.39, 0.29) is 23.7 Å². The number of nitro groups is 1. The third kappa shape index (κ3) is 3.61. The highest BCUT2D eigenvalue weighted by Gasteiger charge is 2.22. The highest BCUT2D eigenvalue weighted by Crippen LogP contribution is 2.26. The maximum Gasteiger partial charge on any atom is 0.332 e. The normalized spacial score (nSPS) is 10.4. The molecule has 0 amide bonds. The summed E-state index contributed by atoms with van der Waals surface area (Å²) in [6.07, 6.45) is 2.08. The summed E-state index contributed by atoms with van der Waals surface area (Å²) in [6.45, 7) is 4.42. The van der Waals surface area contributed by atoms with Crippen molar-refractivity contribution in [2.75, 3.05) is 17.2 Å². The second-order valence-electron chi connectivity index (χ2n) is 4.21. The zero-order chi connectivity index (χ0) is 15.2. The molecule has 2 aromatic rings. The number of rotatable bonds is 7. The van der Waals surface area contributed by atoms with Gasteiger partial charge >= 0.3 is 5.69 Å². The maximum absolute atomic E-state index is 11.1. The van der Waals surface area contributed by atoms with Crippen molar-refractivity contribution in [3.05, 3.63) is 28.0 Å². The van der Waals surface area contributed by atoms with Gasteiger partial charge in [-0.05, 0) is 13.3 Å². The molecule has 10 heteroatoms. The van der Waals surface area contributed by atoms with Gasteiger partial charge in [0.05, 0.1) is 11.5 Å². The van der Waals surface area contributed by atoms with Crippen LogP contribution in [0.3, 0.4) is 0 Å². The van der Waals surface area contributed by atoms with E-state index < -0.39 is 4.92 Å². The van der Waals surface area contributed by atoms with Crippen LogP contribution in [0.1, 0.15) is 24.9 Å².